The van der Waals surface area contributed by atoms with Gasteiger partial charge in [0.15, 0.2) is 0 Å². The molecule has 0 amide bonds. The van der Waals surface area contributed by atoms with Crippen molar-refractivity contribution in [3.05, 3.63) is 0 Å². The number of Topliss-reactive ketones (excluding diaryl/α,β-unsaturated/α-hetero) is 1. The number of ketones is 1. The molecule has 1 saturated heterocycles. The molecular weight excluding hydrogens is 348 g/mol. The minimum atomic E-state index is 0.234. The molecule has 0 bridgehead atoms. The number of hydrogen-bond donors (Lipinski definition) is 1. The van der Waals surface area contributed by atoms with Gasteiger partial charge in [-0.3, -0.25) is 14.6 Å². The van der Waals surface area contributed by atoms with E-state index in [0.29, 0.717) is 12.3 Å². The molecule has 28 heavy (non-hydrogen) atoms. The maximum atomic E-state index is 12.1. The Labute approximate surface area is 175 Å². The van der Waals surface area contributed by atoms with Crippen molar-refractivity contribution in [2.45, 2.75) is 103 Å². The number of β-amino-alcohol motifs (C(OH)–C–C–N with tert-alkyl or cyclic N) is 1. The zero-order chi connectivity index (χ0) is 20.3. The summed E-state index contributed by atoms with van der Waals surface area (Å²) in [5.41, 5.74) is 0. The van der Waals surface area contributed by atoms with Crippen LogP contribution in [0.3, 0.4) is 0 Å². The lowest BCUT2D eigenvalue weighted by molar-refractivity contribution is -0.120. The lowest BCUT2D eigenvalue weighted by Crippen LogP contribution is -2.48. The van der Waals surface area contributed by atoms with E-state index < -0.39 is 0 Å². The van der Waals surface area contributed by atoms with Crippen LogP contribution in [0.4, 0.5) is 0 Å². The average molecular weight is 397 g/mol. The number of aliphatic hydroxyl groups is 1. The molecule has 0 unspecified atom stereocenters. The number of nitrogens with zero attached hydrogens (tertiary/aromatic N) is 2. The number of hydrogen-bond acceptors (Lipinski definition) is 4. The van der Waals surface area contributed by atoms with Gasteiger partial charge in [0, 0.05) is 39.1 Å². The van der Waals surface area contributed by atoms with Gasteiger partial charge >= 0.3 is 0 Å². The molecule has 1 aliphatic heterocycles. The van der Waals surface area contributed by atoms with Crippen LogP contribution < -0.4 is 0 Å². The van der Waals surface area contributed by atoms with E-state index in [1.807, 2.05) is 0 Å². The van der Waals surface area contributed by atoms with Crippen molar-refractivity contribution in [1.29, 1.82) is 0 Å². The van der Waals surface area contributed by atoms with Crippen LogP contribution in [0, 0.1) is 0 Å². The van der Waals surface area contributed by atoms with E-state index in [2.05, 4.69) is 16.7 Å². The molecule has 0 radical (unpaired) electrons. The molecule has 0 saturated carbocycles. The highest BCUT2D eigenvalue weighted by molar-refractivity contribution is 5.80. The number of piperazine rings is 1. The first kappa shape index (κ1) is 25.6. The lowest BCUT2D eigenvalue weighted by atomic mass is 10.0. The van der Waals surface area contributed by atoms with Gasteiger partial charge in [-0.15, -0.1) is 0 Å². The second-order valence-electron chi connectivity index (χ2n) is 8.73. The Hall–Kier alpha value is -0.450. The minimum absolute atomic E-state index is 0.234. The fourth-order valence-corrected chi connectivity index (χ4v) is 4.16. The molecule has 0 aromatic heterocycles. The predicted molar refractivity (Wildman–Crippen MR) is 120 cm³/mol. The maximum absolute atomic E-state index is 12.1. The molecule has 0 spiro atoms. The van der Waals surface area contributed by atoms with Crippen molar-refractivity contribution in [3.8, 4) is 0 Å². The van der Waals surface area contributed by atoms with Gasteiger partial charge in [-0.2, -0.15) is 0 Å². The van der Waals surface area contributed by atoms with Crippen LogP contribution in [0.5, 0.6) is 0 Å². The van der Waals surface area contributed by atoms with Gasteiger partial charge in [0.1, 0.15) is 5.78 Å². The Morgan fingerprint density at radius 3 is 1.57 bits per heavy atom. The van der Waals surface area contributed by atoms with E-state index >= 15 is 0 Å². The van der Waals surface area contributed by atoms with Crippen LogP contribution in [-0.2, 0) is 4.79 Å². The van der Waals surface area contributed by atoms with Crippen LogP contribution in [0.1, 0.15) is 103 Å². The van der Waals surface area contributed by atoms with Gasteiger partial charge in [0.25, 0.3) is 0 Å². The molecular formula is C24H48N2O2. The number of carbonyl (C=O) groups is 1. The molecule has 4 heteroatoms. The van der Waals surface area contributed by atoms with E-state index in [0.717, 1.165) is 45.6 Å². The minimum Gasteiger partial charge on any atom is -0.395 e. The Balaban J connectivity index is 1.80. The van der Waals surface area contributed by atoms with E-state index in [1.54, 1.807) is 0 Å². The lowest BCUT2D eigenvalue weighted by Gasteiger charge is -2.33. The number of aliphatic hydroxyl groups excluding tert-OH is 1. The number of unbranched alkanes of at least 4 members (excludes halogenated alkanes) is 13. The van der Waals surface area contributed by atoms with Gasteiger partial charge in [-0.1, -0.05) is 90.4 Å². The predicted octanol–water partition coefficient (Wildman–Crippen LogP) is 5.04. The van der Waals surface area contributed by atoms with Crippen LogP contribution >= 0.6 is 0 Å². The fraction of sp³-hybridized carbons (Fsp3) is 0.958. The van der Waals surface area contributed by atoms with Gasteiger partial charge in [0.2, 0.25) is 0 Å². The molecule has 1 fully saturated rings. The molecule has 1 aliphatic rings. The highest BCUT2D eigenvalue weighted by atomic mass is 16.3. The zero-order valence-corrected chi connectivity index (χ0v) is 18.8. The molecule has 0 atom stereocenters. The zero-order valence-electron chi connectivity index (χ0n) is 18.8. The first-order valence-corrected chi connectivity index (χ1v) is 12.3. The van der Waals surface area contributed by atoms with Crippen molar-refractivity contribution in [1.82, 2.24) is 9.80 Å². The molecule has 0 aliphatic carbocycles. The second kappa shape index (κ2) is 18.6. The van der Waals surface area contributed by atoms with Gasteiger partial charge in [-0.25, -0.2) is 0 Å². The summed E-state index contributed by atoms with van der Waals surface area (Å²) in [5, 5.41) is 8.98. The van der Waals surface area contributed by atoms with E-state index in [9.17, 15) is 4.79 Å². The maximum Gasteiger partial charge on any atom is 0.146 e. The third-order valence-electron chi connectivity index (χ3n) is 6.09. The van der Waals surface area contributed by atoms with E-state index in [1.165, 1.54) is 83.5 Å². The second-order valence-corrected chi connectivity index (χ2v) is 8.73. The van der Waals surface area contributed by atoms with Gasteiger partial charge in [0.05, 0.1) is 13.2 Å². The molecule has 0 aromatic carbocycles. The van der Waals surface area contributed by atoms with Crippen molar-refractivity contribution in [2.24, 2.45) is 0 Å². The van der Waals surface area contributed by atoms with Crippen LogP contribution in [0.25, 0.3) is 0 Å². The smallest absolute Gasteiger partial charge is 0.146 e. The Morgan fingerprint density at radius 2 is 1.11 bits per heavy atom. The topological polar surface area (TPSA) is 43.8 Å². The van der Waals surface area contributed by atoms with E-state index in [-0.39, 0.29) is 6.61 Å². The number of carbonyl (C=O) groups excluding carboxylic acids is 1. The highest BCUT2D eigenvalue weighted by Crippen LogP contribution is 2.13. The Kier molecular flexibility index (Phi) is 17.0. The fourth-order valence-electron chi connectivity index (χ4n) is 4.16. The van der Waals surface area contributed by atoms with Gasteiger partial charge in [-0.05, 0) is 6.42 Å². The van der Waals surface area contributed by atoms with E-state index in [4.69, 9.17) is 5.11 Å². The Bertz CT molecular complexity index is 355. The summed E-state index contributed by atoms with van der Waals surface area (Å²) in [6, 6.07) is 0. The molecule has 1 rings (SSSR count). The third-order valence-corrected chi connectivity index (χ3v) is 6.09. The van der Waals surface area contributed by atoms with Crippen molar-refractivity contribution < 1.29 is 9.90 Å². The Morgan fingerprint density at radius 1 is 0.679 bits per heavy atom. The summed E-state index contributed by atoms with van der Waals surface area (Å²) in [4.78, 5) is 16.7. The highest BCUT2D eigenvalue weighted by Gasteiger charge is 2.18. The summed E-state index contributed by atoms with van der Waals surface area (Å²) in [7, 11) is 0. The molecule has 1 heterocycles. The van der Waals surface area contributed by atoms with Crippen molar-refractivity contribution >= 4 is 5.78 Å². The third kappa shape index (κ3) is 14.5. The summed E-state index contributed by atoms with van der Waals surface area (Å²) >= 11 is 0. The summed E-state index contributed by atoms with van der Waals surface area (Å²) in [6.45, 7) is 7.79. The van der Waals surface area contributed by atoms with Crippen LogP contribution in [0.15, 0.2) is 0 Å². The number of rotatable bonds is 19. The summed E-state index contributed by atoms with van der Waals surface area (Å²) in [5.74, 6) is 0.412. The first-order chi connectivity index (χ1) is 13.8. The van der Waals surface area contributed by atoms with Crippen LogP contribution in [-0.4, -0.2) is 66.6 Å². The van der Waals surface area contributed by atoms with Crippen molar-refractivity contribution in [2.75, 3.05) is 45.9 Å². The molecule has 1 N–H and O–H groups in total. The molecule has 0 aromatic rings. The summed E-state index contributed by atoms with van der Waals surface area (Å²) in [6.07, 6.45) is 19.8. The quantitative estimate of drug-likeness (QED) is 0.311. The summed E-state index contributed by atoms with van der Waals surface area (Å²) < 4.78 is 0. The van der Waals surface area contributed by atoms with Gasteiger partial charge < -0.3 is 5.11 Å². The first-order valence-electron chi connectivity index (χ1n) is 12.3. The molecule has 4 nitrogen and oxygen atoms in total. The monoisotopic (exact) mass is 396 g/mol. The SMILES string of the molecule is CCCCCCCCCCCCCCCCC(=O)CN1CCN(CCO)CC1. The average Bonchev–Trinajstić information content (AvgIpc) is 2.70. The standard InChI is InChI=1S/C24H48N2O2/c1-2-3-4-5-6-7-8-9-10-11-12-13-14-15-16-24(28)23-26-19-17-25(18-20-26)21-22-27/h27H,2-23H2,1H3. The molecule has 166 valence electrons. The van der Waals surface area contributed by atoms with Crippen LogP contribution in [0.2, 0.25) is 0 Å². The normalized spacial score (nSPS) is 15.9. The van der Waals surface area contributed by atoms with Crippen molar-refractivity contribution in [3.63, 3.8) is 0 Å². The largest absolute Gasteiger partial charge is 0.395 e.